The number of hydrogen-bond acceptors (Lipinski definition) is 4. The second-order valence-corrected chi connectivity index (χ2v) is 5.84. The minimum absolute atomic E-state index is 0.303. The standard InChI is InChI=1S/C9H14N4O3S/c10-6-8-7-13(8)9(14)11-17(15,16)12-4-2-1-3-5-12/h8H,1-5,7H2,(H,11,14). The van der Waals surface area contributed by atoms with Gasteiger partial charge in [-0.05, 0) is 12.8 Å². The first kappa shape index (κ1) is 12.1. The fourth-order valence-corrected chi connectivity index (χ4v) is 3.02. The Morgan fingerprint density at radius 3 is 2.47 bits per heavy atom. The zero-order chi connectivity index (χ0) is 12.5. The summed E-state index contributed by atoms with van der Waals surface area (Å²) in [6.45, 7) is 1.20. The molecule has 2 aliphatic rings. The Hall–Kier alpha value is -1.33. The van der Waals surface area contributed by atoms with Crippen LogP contribution in [-0.4, -0.2) is 49.3 Å². The minimum Gasteiger partial charge on any atom is -0.303 e. The summed E-state index contributed by atoms with van der Waals surface area (Å²) in [5.74, 6) is 0. The van der Waals surface area contributed by atoms with E-state index in [-0.39, 0.29) is 0 Å². The van der Waals surface area contributed by atoms with E-state index in [1.54, 1.807) is 0 Å². The van der Waals surface area contributed by atoms with Gasteiger partial charge in [-0.3, -0.25) is 0 Å². The molecule has 94 valence electrons. The molecule has 7 nitrogen and oxygen atoms in total. The molecule has 2 rings (SSSR count). The average Bonchev–Trinajstić information content (AvgIpc) is 3.09. The molecule has 1 N–H and O–H groups in total. The molecule has 0 spiro atoms. The van der Waals surface area contributed by atoms with Crippen molar-refractivity contribution in [3.8, 4) is 6.07 Å². The molecule has 1 atom stereocenters. The van der Waals surface area contributed by atoms with Gasteiger partial charge in [-0.15, -0.1) is 0 Å². The first-order chi connectivity index (χ1) is 8.04. The minimum atomic E-state index is -3.74. The lowest BCUT2D eigenvalue weighted by Crippen LogP contribution is -2.47. The van der Waals surface area contributed by atoms with Crippen LogP contribution in [0.1, 0.15) is 19.3 Å². The van der Waals surface area contributed by atoms with Crippen molar-refractivity contribution in [3.05, 3.63) is 0 Å². The Labute approximate surface area is 100 Å². The van der Waals surface area contributed by atoms with E-state index >= 15 is 0 Å². The molecule has 2 heterocycles. The van der Waals surface area contributed by atoms with Crippen LogP contribution >= 0.6 is 0 Å². The number of amides is 2. The molecule has 0 bridgehead atoms. The summed E-state index contributed by atoms with van der Waals surface area (Å²) in [5, 5.41) is 8.54. The smallest absolute Gasteiger partial charge is 0.303 e. The Balaban J connectivity index is 1.93. The maximum Gasteiger partial charge on any atom is 0.333 e. The van der Waals surface area contributed by atoms with Gasteiger partial charge in [-0.1, -0.05) is 6.42 Å². The van der Waals surface area contributed by atoms with Crippen LogP contribution in [0, 0.1) is 11.3 Å². The highest BCUT2D eigenvalue weighted by molar-refractivity contribution is 7.87. The predicted octanol–water partition coefficient (Wildman–Crippen LogP) is -0.366. The van der Waals surface area contributed by atoms with E-state index in [1.807, 2.05) is 10.8 Å². The van der Waals surface area contributed by atoms with Crippen molar-refractivity contribution >= 4 is 16.2 Å². The third kappa shape index (κ3) is 2.68. The molecule has 1 unspecified atom stereocenters. The van der Waals surface area contributed by atoms with Crippen LogP contribution in [0.4, 0.5) is 4.79 Å². The number of rotatable bonds is 2. The van der Waals surface area contributed by atoms with Gasteiger partial charge in [0.2, 0.25) is 0 Å². The Bertz CT molecular complexity index is 449. The van der Waals surface area contributed by atoms with Gasteiger partial charge in [0, 0.05) is 13.1 Å². The number of urea groups is 1. The molecular weight excluding hydrogens is 244 g/mol. The number of hydrogen-bond donors (Lipinski definition) is 1. The van der Waals surface area contributed by atoms with Crippen LogP contribution in [0.3, 0.4) is 0 Å². The summed E-state index contributed by atoms with van der Waals surface area (Å²) in [6, 6.07) is 0.705. The SMILES string of the molecule is N#CC1CN1C(=O)NS(=O)(=O)N1CCCCC1. The summed E-state index contributed by atoms with van der Waals surface area (Å²) < 4.78 is 26.9. The molecule has 0 aliphatic carbocycles. The molecule has 0 aromatic heterocycles. The molecule has 0 radical (unpaired) electrons. The summed E-state index contributed by atoms with van der Waals surface area (Å²) in [4.78, 5) is 12.7. The van der Waals surface area contributed by atoms with Crippen molar-refractivity contribution in [2.45, 2.75) is 25.3 Å². The maximum absolute atomic E-state index is 11.8. The molecule has 2 fully saturated rings. The summed E-state index contributed by atoms with van der Waals surface area (Å²) >= 11 is 0. The summed E-state index contributed by atoms with van der Waals surface area (Å²) in [7, 11) is -3.74. The Morgan fingerprint density at radius 2 is 1.94 bits per heavy atom. The van der Waals surface area contributed by atoms with Crippen molar-refractivity contribution in [2.75, 3.05) is 19.6 Å². The zero-order valence-corrected chi connectivity index (χ0v) is 10.1. The third-order valence-electron chi connectivity index (χ3n) is 2.89. The summed E-state index contributed by atoms with van der Waals surface area (Å²) in [6.07, 6.45) is 2.65. The molecule has 8 heteroatoms. The van der Waals surface area contributed by atoms with Gasteiger partial charge in [0.15, 0.2) is 0 Å². The van der Waals surface area contributed by atoms with Gasteiger partial charge in [0.25, 0.3) is 0 Å². The second-order valence-electron chi connectivity index (χ2n) is 4.17. The second kappa shape index (κ2) is 4.50. The lowest BCUT2D eigenvalue weighted by atomic mass is 10.2. The fourth-order valence-electron chi connectivity index (χ4n) is 1.81. The number of carbonyl (C=O) groups is 1. The van der Waals surface area contributed by atoms with Crippen molar-refractivity contribution in [1.82, 2.24) is 13.9 Å². The van der Waals surface area contributed by atoms with Gasteiger partial charge >= 0.3 is 16.2 Å². The number of piperidine rings is 1. The molecule has 2 amide bonds. The van der Waals surface area contributed by atoms with Crippen LogP contribution in [0.15, 0.2) is 0 Å². The number of carbonyl (C=O) groups excluding carboxylic acids is 1. The monoisotopic (exact) mass is 258 g/mol. The van der Waals surface area contributed by atoms with Gasteiger partial charge in [0.1, 0.15) is 6.04 Å². The zero-order valence-electron chi connectivity index (χ0n) is 9.29. The van der Waals surface area contributed by atoms with Crippen LogP contribution in [0.2, 0.25) is 0 Å². The van der Waals surface area contributed by atoms with Crippen LogP contribution < -0.4 is 4.72 Å². The molecule has 17 heavy (non-hydrogen) atoms. The largest absolute Gasteiger partial charge is 0.333 e. The highest BCUT2D eigenvalue weighted by Crippen LogP contribution is 2.17. The normalized spacial score (nSPS) is 25.1. The van der Waals surface area contributed by atoms with E-state index in [1.165, 1.54) is 9.21 Å². The van der Waals surface area contributed by atoms with E-state index in [9.17, 15) is 13.2 Å². The Morgan fingerprint density at radius 1 is 1.29 bits per heavy atom. The lowest BCUT2D eigenvalue weighted by Gasteiger charge is -2.25. The lowest BCUT2D eigenvalue weighted by molar-refractivity contribution is 0.232. The van der Waals surface area contributed by atoms with Crippen LogP contribution in [0.25, 0.3) is 0 Å². The van der Waals surface area contributed by atoms with Gasteiger partial charge in [-0.25, -0.2) is 9.52 Å². The molecular formula is C9H14N4O3S. The third-order valence-corrected chi connectivity index (χ3v) is 4.37. The molecule has 0 aromatic carbocycles. The summed E-state index contributed by atoms with van der Waals surface area (Å²) in [5.41, 5.74) is 0. The van der Waals surface area contributed by atoms with Crippen molar-refractivity contribution in [3.63, 3.8) is 0 Å². The molecule has 2 aliphatic heterocycles. The maximum atomic E-state index is 11.8. The van der Waals surface area contributed by atoms with Crippen molar-refractivity contribution in [1.29, 1.82) is 5.26 Å². The first-order valence-electron chi connectivity index (χ1n) is 5.53. The first-order valence-corrected chi connectivity index (χ1v) is 6.97. The van der Waals surface area contributed by atoms with Gasteiger partial charge < -0.3 is 4.90 Å². The topological polar surface area (TPSA) is 93.3 Å². The van der Waals surface area contributed by atoms with Gasteiger partial charge in [-0.2, -0.15) is 18.0 Å². The number of nitriles is 1. The quantitative estimate of drug-likeness (QED) is 0.684. The number of nitrogens with zero attached hydrogens (tertiary/aromatic N) is 3. The molecule has 0 aromatic rings. The van der Waals surface area contributed by atoms with Gasteiger partial charge in [0.05, 0.1) is 12.6 Å². The number of nitrogens with one attached hydrogen (secondary N) is 1. The van der Waals surface area contributed by atoms with Crippen molar-refractivity contribution < 1.29 is 13.2 Å². The van der Waals surface area contributed by atoms with E-state index in [2.05, 4.69) is 0 Å². The van der Waals surface area contributed by atoms with E-state index in [0.717, 1.165) is 19.3 Å². The molecule has 2 saturated heterocycles. The van der Waals surface area contributed by atoms with Crippen LogP contribution in [-0.2, 0) is 10.2 Å². The average molecular weight is 258 g/mol. The van der Waals surface area contributed by atoms with Crippen molar-refractivity contribution in [2.24, 2.45) is 0 Å². The Kier molecular flexibility index (Phi) is 3.22. The predicted molar refractivity (Wildman–Crippen MR) is 59.0 cm³/mol. The molecule has 0 saturated carbocycles. The van der Waals surface area contributed by atoms with E-state index in [4.69, 9.17) is 5.26 Å². The van der Waals surface area contributed by atoms with Crippen LogP contribution in [0.5, 0.6) is 0 Å². The van der Waals surface area contributed by atoms with E-state index in [0.29, 0.717) is 19.6 Å². The fraction of sp³-hybridized carbons (Fsp3) is 0.778. The highest BCUT2D eigenvalue weighted by atomic mass is 32.2. The highest BCUT2D eigenvalue weighted by Gasteiger charge is 2.40. The van der Waals surface area contributed by atoms with E-state index < -0.39 is 22.3 Å².